The van der Waals surface area contributed by atoms with E-state index in [-0.39, 0.29) is 11.7 Å². The van der Waals surface area contributed by atoms with Crippen molar-refractivity contribution < 1.29 is 9.21 Å². The number of halogens is 2. The third-order valence-electron chi connectivity index (χ3n) is 4.28. The van der Waals surface area contributed by atoms with E-state index in [9.17, 15) is 4.79 Å². The zero-order valence-corrected chi connectivity index (χ0v) is 16.2. The number of furan rings is 1. The van der Waals surface area contributed by atoms with Gasteiger partial charge in [-0.15, -0.1) is 0 Å². The van der Waals surface area contributed by atoms with Crippen molar-refractivity contribution in [1.29, 1.82) is 0 Å². The van der Waals surface area contributed by atoms with Gasteiger partial charge in [0.05, 0.1) is 10.0 Å². The lowest BCUT2D eigenvalue weighted by atomic mass is 10.1. The topological polar surface area (TPSA) is 42.2 Å². The molecule has 0 saturated carbocycles. The lowest BCUT2D eigenvalue weighted by molar-refractivity contribution is 0.0997. The Morgan fingerprint density at radius 2 is 1.39 bits per heavy atom. The number of amides is 1. The van der Waals surface area contributed by atoms with E-state index in [1.54, 1.807) is 30.3 Å². The van der Waals surface area contributed by atoms with Crippen LogP contribution in [0.15, 0.2) is 89.3 Å². The zero-order valence-electron chi connectivity index (χ0n) is 14.7. The van der Waals surface area contributed by atoms with E-state index in [0.717, 1.165) is 16.7 Å². The molecule has 4 rings (SSSR count). The minimum Gasteiger partial charge on any atom is -0.451 e. The highest BCUT2D eigenvalue weighted by atomic mass is 35.5. The molecule has 28 heavy (non-hydrogen) atoms. The molecule has 0 aliphatic rings. The van der Waals surface area contributed by atoms with Crippen molar-refractivity contribution >= 4 is 34.8 Å². The van der Waals surface area contributed by atoms with Crippen LogP contribution < -0.4 is 5.32 Å². The molecular weight excluding hydrogens is 393 g/mol. The van der Waals surface area contributed by atoms with Gasteiger partial charge >= 0.3 is 0 Å². The third-order valence-corrected chi connectivity index (χ3v) is 5.02. The predicted octanol–water partition coefficient (Wildman–Crippen LogP) is 7.17. The quantitative estimate of drug-likeness (QED) is 0.389. The van der Waals surface area contributed by atoms with Gasteiger partial charge in [-0.2, -0.15) is 0 Å². The molecule has 0 bridgehead atoms. The van der Waals surface area contributed by atoms with Crippen LogP contribution >= 0.6 is 23.2 Å². The number of anilines is 1. The molecule has 0 aliphatic heterocycles. The number of rotatable bonds is 4. The molecule has 0 aliphatic carbocycles. The SMILES string of the molecule is O=C(Nc1ccc(-c2ccccc2)cc1)c1ccc(-c2ccc(Cl)c(Cl)c2)o1. The minimum atomic E-state index is -0.321. The van der Waals surface area contributed by atoms with E-state index < -0.39 is 0 Å². The van der Waals surface area contributed by atoms with Gasteiger partial charge < -0.3 is 9.73 Å². The summed E-state index contributed by atoms with van der Waals surface area (Å²) in [7, 11) is 0. The van der Waals surface area contributed by atoms with E-state index >= 15 is 0 Å². The summed E-state index contributed by atoms with van der Waals surface area (Å²) in [5.74, 6) is 0.440. The number of hydrogen-bond donors (Lipinski definition) is 1. The van der Waals surface area contributed by atoms with Crippen LogP contribution in [0.4, 0.5) is 5.69 Å². The molecule has 4 aromatic rings. The van der Waals surface area contributed by atoms with Crippen LogP contribution in [-0.4, -0.2) is 5.91 Å². The molecule has 5 heteroatoms. The molecule has 1 N–H and O–H groups in total. The van der Waals surface area contributed by atoms with Crippen LogP contribution in [0.3, 0.4) is 0 Å². The Kier molecular flexibility index (Phi) is 5.20. The molecule has 1 amide bonds. The Balaban J connectivity index is 1.48. The van der Waals surface area contributed by atoms with Gasteiger partial charge in [0.2, 0.25) is 0 Å². The van der Waals surface area contributed by atoms with Crippen LogP contribution in [-0.2, 0) is 0 Å². The maximum atomic E-state index is 12.5. The number of nitrogens with one attached hydrogen (secondary N) is 1. The van der Waals surface area contributed by atoms with Crippen LogP contribution in [0.5, 0.6) is 0 Å². The monoisotopic (exact) mass is 407 g/mol. The fourth-order valence-electron chi connectivity index (χ4n) is 2.83. The van der Waals surface area contributed by atoms with Crippen molar-refractivity contribution in [3.05, 3.63) is 101 Å². The Morgan fingerprint density at radius 3 is 2.11 bits per heavy atom. The van der Waals surface area contributed by atoms with Crippen molar-refractivity contribution in [3.63, 3.8) is 0 Å². The Morgan fingerprint density at radius 1 is 0.714 bits per heavy atom. The van der Waals surface area contributed by atoms with E-state index in [2.05, 4.69) is 5.32 Å². The van der Waals surface area contributed by atoms with Gasteiger partial charge in [-0.25, -0.2) is 0 Å². The van der Waals surface area contributed by atoms with Crippen molar-refractivity contribution in [2.45, 2.75) is 0 Å². The number of hydrogen-bond acceptors (Lipinski definition) is 2. The summed E-state index contributed by atoms with van der Waals surface area (Å²) in [6.07, 6.45) is 0. The molecule has 138 valence electrons. The second-order valence-corrected chi connectivity index (χ2v) is 7.00. The van der Waals surface area contributed by atoms with Crippen molar-refractivity contribution in [2.75, 3.05) is 5.32 Å². The van der Waals surface area contributed by atoms with Crippen molar-refractivity contribution in [3.8, 4) is 22.5 Å². The van der Waals surface area contributed by atoms with Crippen LogP contribution in [0.25, 0.3) is 22.5 Å². The van der Waals surface area contributed by atoms with Crippen LogP contribution in [0.2, 0.25) is 10.0 Å². The fourth-order valence-corrected chi connectivity index (χ4v) is 3.13. The molecule has 1 aromatic heterocycles. The Labute approximate surface area is 172 Å². The van der Waals surface area contributed by atoms with Gasteiger partial charge in [0.1, 0.15) is 5.76 Å². The average Bonchev–Trinajstić information content (AvgIpc) is 3.22. The van der Waals surface area contributed by atoms with Crippen LogP contribution in [0, 0.1) is 0 Å². The molecule has 0 fully saturated rings. The molecular formula is C23H15Cl2NO2. The van der Waals surface area contributed by atoms with Gasteiger partial charge in [-0.05, 0) is 53.6 Å². The van der Waals surface area contributed by atoms with Gasteiger partial charge in [-0.1, -0.05) is 65.7 Å². The summed E-state index contributed by atoms with van der Waals surface area (Å²) in [5, 5.41) is 3.74. The molecule has 0 atom stereocenters. The number of carbonyl (C=O) groups excluding carboxylic acids is 1. The van der Waals surface area contributed by atoms with Gasteiger partial charge in [0, 0.05) is 11.3 Å². The van der Waals surface area contributed by atoms with Gasteiger partial charge in [0.25, 0.3) is 5.91 Å². The van der Waals surface area contributed by atoms with E-state index in [4.69, 9.17) is 27.6 Å². The number of carbonyl (C=O) groups is 1. The summed E-state index contributed by atoms with van der Waals surface area (Å²) >= 11 is 12.0. The molecule has 1 heterocycles. The normalized spacial score (nSPS) is 10.6. The van der Waals surface area contributed by atoms with Crippen molar-refractivity contribution in [2.24, 2.45) is 0 Å². The summed E-state index contributed by atoms with van der Waals surface area (Å²) in [6, 6.07) is 26.3. The highest BCUT2D eigenvalue weighted by Crippen LogP contribution is 2.30. The smallest absolute Gasteiger partial charge is 0.291 e. The van der Waals surface area contributed by atoms with E-state index in [0.29, 0.717) is 21.5 Å². The zero-order chi connectivity index (χ0) is 19.5. The second kappa shape index (κ2) is 7.93. The first-order valence-electron chi connectivity index (χ1n) is 8.62. The average molecular weight is 408 g/mol. The summed E-state index contributed by atoms with van der Waals surface area (Å²) in [4.78, 5) is 12.5. The Bertz CT molecular complexity index is 1120. The molecule has 0 saturated heterocycles. The number of benzene rings is 3. The Hall–Kier alpha value is -3.01. The van der Waals surface area contributed by atoms with E-state index in [1.165, 1.54) is 0 Å². The lowest BCUT2D eigenvalue weighted by Gasteiger charge is -2.06. The highest BCUT2D eigenvalue weighted by molar-refractivity contribution is 6.42. The van der Waals surface area contributed by atoms with E-state index in [1.807, 2.05) is 54.6 Å². The first-order chi connectivity index (χ1) is 13.6. The molecule has 0 unspecified atom stereocenters. The molecule has 0 spiro atoms. The van der Waals surface area contributed by atoms with Gasteiger partial charge in [-0.3, -0.25) is 4.79 Å². The largest absolute Gasteiger partial charge is 0.451 e. The first-order valence-corrected chi connectivity index (χ1v) is 9.38. The fraction of sp³-hybridized carbons (Fsp3) is 0. The molecule has 3 nitrogen and oxygen atoms in total. The highest BCUT2D eigenvalue weighted by Gasteiger charge is 2.13. The van der Waals surface area contributed by atoms with Gasteiger partial charge in [0.15, 0.2) is 5.76 Å². The maximum Gasteiger partial charge on any atom is 0.291 e. The second-order valence-electron chi connectivity index (χ2n) is 6.19. The summed E-state index contributed by atoms with van der Waals surface area (Å²) in [6.45, 7) is 0. The van der Waals surface area contributed by atoms with Crippen LogP contribution in [0.1, 0.15) is 10.6 Å². The summed E-state index contributed by atoms with van der Waals surface area (Å²) < 4.78 is 5.68. The molecule has 3 aromatic carbocycles. The minimum absolute atomic E-state index is 0.216. The predicted molar refractivity (Wildman–Crippen MR) is 114 cm³/mol. The lowest BCUT2D eigenvalue weighted by Crippen LogP contribution is -2.10. The standard InChI is InChI=1S/C23H15Cl2NO2/c24-19-11-8-17(14-20(19)25)21-12-13-22(28-21)23(27)26-18-9-6-16(7-10-18)15-4-2-1-3-5-15/h1-14H,(H,26,27). The van der Waals surface area contributed by atoms with Crippen molar-refractivity contribution in [1.82, 2.24) is 0 Å². The third kappa shape index (κ3) is 3.96. The summed E-state index contributed by atoms with van der Waals surface area (Å²) in [5.41, 5.74) is 3.65. The maximum absolute atomic E-state index is 12.5. The first kappa shape index (κ1) is 18.4. The molecule has 0 radical (unpaired) electrons.